The van der Waals surface area contributed by atoms with Gasteiger partial charge in [-0.2, -0.15) is 0 Å². The Bertz CT molecular complexity index is 648. The molecule has 1 aromatic heterocycles. The molecule has 1 saturated carbocycles. The number of halogens is 1. The van der Waals surface area contributed by atoms with Gasteiger partial charge in [-0.25, -0.2) is 4.39 Å². The highest BCUT2D eigenvalue weighted by molar-refractivity contribution is 5.78. The third-order valence-electron chi connectivity index (χ3n) is 4.17. The van der Waals surface area contributed by atoms with Gasteiger partial charge in [0, 0.05) is 24.4 Å². The molecule has 1 amide bonds. The van der Waals surface area contributed by atoms with Crippen LogP contribution in [-0.2, 0) is 11.2 Å². The number of rotatable bonds is 5. The van der Waals surface area contributed by atoms with Crippen LogP contribution in [-0.4, -0.2) is 22.6 Å². The summed E-state index contributed by atoms with van der Waals surface area (Å²) in [6, 6.07) is 5.89. The van der Waals surface area contributed by atoms with E-state index in [9.17, 15) is 9.18 Å². The SMILES string of the molecule is O=C(NCCc1nnc(-c2ccc(F)cc2)o1)C1CCCCC1. The van der Waals surface area contributed by atoms with Gasteiger partial charge in [-0.05, 0) is 37.1 Å². The van der Waals surface area contributed by atoms with Crippen molar-refractivity contribution in [2.75, 3.05) is 6.54 Å². The van der Waals surface area contributed by atoms with E-state index in [2.05, 4.69) is 15.5 Å². The molecule has 0 spiro atoms. The Labute approximate surface area is 134 Å². The van der Waals surface area contributed by atoms with Gasteiger partial charge in [0.05, 0.1) is 0 Å². The van der Waals surface area contributed by atoms with Crippen LogP contribution in [0.5, 0.6) is 0 Å². The fourth-order valence-corrected chi connectivity index (χ4v) is 2.87. The molecule has 1 aliphatic rings. The number of nitrogens with zero attached hydrogens (tertiary/aromatic N) is 2. The molecule has 23 heavy (non-hydrogen) atoms. The molecular weight excluding hydrogens is 297 g/mol. The molecule has 1 heterocycles. The van der Waals surface area contributed by atoms with E-state index in [4.69, 9.17) is 4.42 Å². The average Bonchev–Trinajstić information content (AvgIpc) is 3.05. The summed E-state index contributed by atoms with van der Waals surface area (Å²) in [6.45, 7) is 0.486. The van der Waals surface area contributed by atoms with E-state index in [0.717, 1.165) is 25.7 Å². The molecule has 0 bridgehead atoms. The normalized spacial score (nSPS) is 15.5. The molecule has 0 radical (unpaired) electrons. The van der Waals surface area contributed by atoms with Gasteiger partial charge in [0.15, 0.2) is 0 Å². The molecule has 5 nitrogen and oxygen atoms in total. The highest BCUT2D eigenvalue weighted by atomic mass is 19.1. The molecule has 122 valence electrons. The first kappa shape index (κ1) is 15.6. The van der Waals surface area contributed by atoms with Crippen LogP contribution < -0.4 is 5.32 Å². The van der Waals surface area contributed by atoms with E-state index in [1.165, 1.54) is 18.6 Å². The van der Waals surface area contributed by atoms with Crippen molar-refractivity contribution in [3.05, 3.63) is 36.0 Å². The predicted octanol–water partition coefficient (Wildman–Crippen LogP) is 3.11. The summed E-state index contributed by atoms with van der Waals surface area (Å²) in [6.07, 6.45) is 5.98. The van der Waals surface area contributed by atoms with Crippen molar-refractivity contribution in [3.8, 4) is 11.5 Å². The van der Waals surface area contributed by atoms with Gasteiger partial charge >= 0.3 is 0 Å². The first-order chi connectivity index (χ1) is 11.2. The smallest absolute Gasteiger partial charge is 0.247 e. The second kappa shape index (κ2) is 7.35. The lowest BCUT2D eigenvalue weighted by atomic mass is 9.89. The Morgan fingerprint density at radius 1 is 1.17 bits per heavy atom. The van der Waals surface area contributed by atoms with Gasteiger partial charge in [0.2, 0.25) is 17.7 Å². The summed E-state index contributed by atoms with van der Waals surface area (Å²) in [5.74, 6) is 0.801. The first-order valence-corrected chi connectivity index (χ1v) is 8.08. The third-order valence-corrected chi connectivity index (χ3v) is 4.17. The highest BCUT2D eigenvalue weighted by Crippen LogP contribution is 2.23. The molecule has 1 aliphatic carbocycles. The average molecular weight is 317 g/mol. The zero-order valence-electron chi connectivity index (χ0n) is 12.9. The Kier molecular flexibility index (Phi) is 5.00. The van der Waals surface area contributed by atoms with Gasteiger partial charge in [0.1, 0.15) is 5.82 Å². The van der Waals surface area contributed by atoms with Crippen LogP contribution >= 0.6 is 0 Å². The number of benzene rings is 1. The number of aromatic nitrogens is 2. The maximum Gasteiger partial charge on any atom is 0.247 e. The highest BCUT2D eigenvalue weighted by Gasteiger charge is 2.20. The predicted molar refractivity (Wildman–Crippen MR) is 83.0 cm³/mol. The lowest BCUT2D eigenvalue weighted by molar-refractivity contribution is -0.125. The lowest BCUT2D eigenvalue weighted by Gasteiger charge is -2.20. The molecule has 6 heteroatoms. The van der Waals surface area contributed by atoms with Crippen LogP contribution in [0.1, 0.15) is 38.0 Å². The number of carbonyl (C=O) groups is 1. The molecule has 0 saturated heterocycles. The number of carbonyl (C=O) groups excluding carboxylic acids is 1. The van der Waals surface area contributed by atoms with Crippen molar-refractivity contribution in [1.82, 2.24) is 15.5 Å². The largest absolute Gasteiger partial charge is 0.421 e. The van der Waals surface area contributed by atoms with Crippen LogP contribution in [0, 0.1) is 11.7 Å². The standard InChI is InChI=1S/C17H20FN3O2/c18-14-8-6-13(7-9-14)17-21-20-15(23-17)10-11-19-16(22)12-4-2-1-3-5-12/h6-9,12H,1-5,10-11H2,(H,19,22). The molecule has 1 fully saturated rings. The minimum Gasteiger partial charge on any atom is -0.421 e. The van der Waals surface area contributed by atoms with Crippen molar-refractivity contribution in [3.63, 3.8) is 0 Å². The molecule has 0 aliphatic heterocycles. The van der Waals surface area contributed by atoms with Gasteiger partial charge < -0.3 is 9.73 Å². The van der Waals surface area contributed by atoms with Crippen molar-refractivity contribution in [2.45, 2.75) is 38.5 Å². The summed E-state index contributed by atoms with van der Waals surface area (Å²) in [7, 11) is 0. The van der Waals surface area contributed by atoms with Crippen LogP contribution in [0.4, 0.5) is 4.39 Å². The third kappa shape index (κ3) is 4.15. The van der Waals surface area contributed by atoms with Crippen molar-refractivity contribution < 1.29 is 13.6 Å². The molecule has 3 rings (SSSR count). The van der Waals surface area contributed by atoms with Gasteiger partial charge in [-0.15, -0.1) is 10.2 Å². The van der Waals surface area contributed by atoms with Crippen LogP contribution in [0.15, 0.2) is 28.7 Å². The zero-order chi connectivity index (χ0) is 16.1. The number of amides is 1. The molecule has 1 N–H and O–H groups in total. The van der Waals surface area contributed by atoms with Crippen molar-refractivity contribution in [2.24, 2.45) is 5.92 Å². The maximum absolute atomic E-state index is 12.9. The Hall–Kier alpha value is -2.24. The van der Waals surface area contributed by atoms with Gasteiger partial charge in [-0.3, -0.25) is 4.79 Å². The minimum absolute atomic E-state index is 0.128. The fraction of sp³-hybridized carbons (Fsp3) is 0.471. The van der Waals surface area contributed by atoms with Crippen molar-refractivity contribution in [1.29, 1.82) is 0 Å². The maximum atomic E-state index is 12.9. The van der Waals surface area contributed by atoms with E-state index >= 15 is 0 Å². The van der Waals surface area contributed by atoms with E-state index in [1.54, 1.807) is 12.1 Å². The number of hydrogen-bond acceptors (Lipinski definition) is 4. The lowest BCUT2D eigenvalue weighted by Crippen LogP contribution is -2.33. The quantitative estimate of drug-likeness (QED) is 0.920. The molecular formula is C17H20FN3O2. The summed E-state index contributed by atoms with van der Waals surface area (Å²) in [5.41, 5.74) is 0.677. The van der Waals surface area contributed by atoms with Gasteiger partial charge in [-0.1, -0.05) is 19.3 Å². The first-order valence-electron chi connectivity index (χ1n) is 8.08. The van der Waals surface area contributed by atoms with Gasteiger partial charge in [0.25, 0.3) is 0 Å². The zero-order valence-corrected chi connectivity index (χ0v) is 12.9. The summed E-state index contributed by atoms with van der Waals surface area (Å²) in [4.78, 5) is 12.0. The Morgan fingerprint density at radius 3 is 2.65 bits per heavy atom. The van der Waals surface area contributed by atoms with E-state index in [1.807, 2.05) is 0 Å². The summed E-state index contributed by atoms with van der Waals surface area (Å²) >= 11 is 0. The summed E-state index contributed by atoms with van der Waals surface area (Å²) < 4.78 is 18.4. The molecule has 0 unspecified atom stereocenters. The number of hydrogen-bond donors (Lipinski definition) is 1. The number of nitrogens with one attached hydrogen (secondary N) is 1. The topological polar surface area (TPSA) is 68.0 Å². The van der Waals surface area contributed by atoms with Crippen LogP contribution in [0.3, 0.4) is 0 Å². The Morgan fingerprint density at radius 2 is 1.91 bits per heavy atom. The van der Waals surface area contributed by atoms with Crippen LogP contribution in [0.25, 0.3) is 11.5 Å². The second-order valence-corrected chi connectivity index (χ2v) is 5.88. The monoisotopic (exact) mass is 317 g/mol. The fourth-order valence-electron chi connectivity index (χ4n) is 2.87. The van der Waals surface area contributed by atoms with E-state index < -0.39 is 0 Å². The summed E-state index contributed by atoms with van der Waals surface area (Å²) in [5, 5.41) is 10.9. The van der Waals surface area contributed by atoms with Crippen LogP contribution in [0.2, 0.25) is 0 Å². The molecule has 1 aromatic carbocycles. The van der Waals surface area contributed by atoms with E-state index in [-0.39, 0.29) is 17.6 Å². The van der Waals surface area contributed by atoms with E-state index in [0.29, 0.717) is 30.3 Å². The van der Waals surface area contributed by atoms with Crippen molar-refractivity contribution >= 4 is 5.91 Å². The minimum atomic E-state index is -0.307. The molecule has 0 atom stereocenters. The second-order valence-electron chi connectivity index (χ2n) is 5.88. The molecule has 2 aromatic rings. The Balaban J connectivity index is 1.49.